The molecule has 1 aliphatic carbocycles. The number of fused-ring (bicyclic) bond motifs is 2. The van der Waals surface area contributed by atoms with Gasteiger partial charge in [0.05, 0.1) is 11.3 Å². The number of benzene rings is 3. The van der Waals surface area contributed by atoms with Crippen molar-refractivity contribution in [1.29, 1.82) is 0 Å². The molecule has 1 aliphatic rings. The number of hydrogen-bond donors (Lipinski definition) is 2. The molecule has 0 saturated carbocycles. The van der Waals surface area contributed by atoms with Crippen molar-refractivity contribution in [3.63, 3.8) is 0 Å². The van der Waals surface area contributed by atoms with Gasteiger partial charge < -0.3 is 11.1 Å². The lowest BCUT2D eigenvalue weighted by molar-refractivity contribution is 0.0979. The molecule has 29 heavy (non-hydrogen) atoms. The fourth-order valence-corrected chi connectivity index (χ4v) is 4.06. The summed E-state index contributed by atoms with van der Waals surface area (Å²) in [5.74, 6) is -0.225. The number of rotatable bonds is 5. The molecule has 4 heteroatoms. The van der Waals surface area contributed by atoms with Crippen LogP contribution in [0, 0.1) is 0 Å². The highest BCUT2D eigenvalue weighted by Gasteiger charge is 2.31. The van der Waals surface area contributed by atoms with Gasteiger partial charge in [0.2, 0.25) is 0 Å². The largest absolute Gasteiger partial charge is 0.354 e. The molecule has 0 heterocycles. The molecule has 3 aromatic carbocycles. The van der Waals surface area contributed by atoms with Crippen LogP contribution in [0.4, 0.5) is 11.4 Å². The highest BCUT2D eigenvalue weighted by atomic mass is 16.1. The van der Waals surface area contributed by atoms with Gasteiger partial charge in [-0.25, -0.2) is 0 Å². The number of aryl methyl sites for hydroxylation is 2. The molecule has 3 N–H and O–H groups in total. The van der Waals surface area contributed by atoms with Gasteiger partial charge >= 0.3 is 0 Å². The molecule has 0 unspecified atom stereocenters. The second-order valence-electron chi connectivity index (χ2n) is 7.26. The summed E-state index contributed by atoms with van der Waals surface area (Å²) in [6.45, 7) is 4.70. The van der Waals surface area contributed by atoms with Crippen molar-refractivity contribution in [2.75, 3.05) is 5.32 Å². The first-order chi connectivity index (χ1) is 14.1. The minimum atomic E-state index is -0.118. The summed E-state index contributed by atoms with van der Waals surface area (Å²) in [6.07, 6.45) is 1.68. The molecule has 4 rings (SSSR count). The predicted molar refractivity (Wildman–Crippen MR) is 116 cm³/mol. The van der Waals surface area contributed by atoms with Crippen LogP contribution in [0.1, 0.15) is 62.4 Å². The van der Waals surface area contributed by atoms with E-state index in [-0.39, 0.29) is 11.6 Å². The zero-order valence-corrected chi connectivity index (χ0v) is 16.7. The topological polar surface area (TPSA) is 72.2 Å². The van der Waals surface area contributed by atoms with E-state index >= 15 is 0 Å². The SMILES string of the molecule is CCc1cc(CN)cc(CC)c1Nc1cccc2c1C(=O)c1ccccc1C2=O. The van der Waals surface area contributed by atoms with Crippen LogP contribution in [-0.2, 0) is 19.4 Å². The maximum Gasteiger partial charge on any atom is 0.196 e. The van der Waals surface area contributed by atoms with Crippen molar-refractivity contribution in [1.82, 2.24) is 0 Å². The highest BCUT2D eigenvalue weighted by Crippen LogP contribution is 2.35. The summed E-state index contributed by atoms with van der Waals surface area (Å²) in [7, 11) is 0. The van der Waals surface area contributed by atoms with Crippen LogP contribution in [0.2, 0.25) is 0 Å². The molecule has 0 saturated heterocycles. The molecule has 146 valence electrons. The average Bonchev–Trinajstić information content (AvgIpc) is 2.77. The second-order valence-corrected chi connectivity index (χ2v) is 7.26. The number of ketones is 2. The maximum absolute atomic E-state index is 13.3. The van der Waals surface area contributed by atoms with Gasteiger partial charge in [0.1, 0.15) is 0 Å². The highest BCUT2D eigenvalue weighted by molar-refractivity contribution is 6.30. The van der Waals surface area contributed by atoms with E-state index in [1.807, 2.05) is 12.1 Å². The summed E-state index contributed by atoms with van der Waals surface area (Å²) >= 11 is 0. The fourth-order valence-electron chi connectivity index (χ4n) is 4.06. The third-order valence-corrected chi connectivity index (χ3v) is 5.57. The van der Waals surface area contributed by atoms with E-state index in [9.17, 15) is 9.59 Å². The summed E-state index contributed by atoms with van der Waals surface area (Å²) in [5, 5.41) is 3.49. The summed E-state index contributed by atoms with van der Waals surface area (Å²) in [5.41, 5.74) is 12.8. The van der Waals surface area contributed by atoms with Gasteiger partial charge in [-0.2, -0.15) is 0 Å². The van der Waals surface area contributed by atoms with Crippen LogP contribution in [0.15, 0.2) is 54.6 Å². The zero-order valence-electron chi connectivity index (χ0n) is 16.7. The maximum atomic E-state index is 13.3. The molecule has 0 atom stereocenters. The van der Waals surface area contributed by atoms with Gasteiger partial charge in [-0.05, 0) is 35.6 Å². The molecular formula is C25H24N2O2. The Bertz CT molecular complexity index is 1110. The van der Waals surface area contributed by atoms with E-state index in [2.05, 4.69) is 31.3 Å². The minimum Gasteiger partial charge on any atom is -0.354 e. The van der Waals surface area contributed by atoms with Gasteiger partial charge in [0.25, 0.3) is 0 Å². The van der Waals surface area contributed by atoms with E-state index in [0.717, 1.165) is 35.2 Å². The smallest absolute Gasteiger partial charge is 0.196 e. The lowest BCUT2D eigenvalue weighted by Crippen LogP contribution is -2.22. The first-order valence-corrected chi connectivity index (χ1v) is 10.0. The van der Waals surface area contributed by atoms with Crippen molar-refractivity contribution in [3.8, 4) is 0 Å². The van der Waals surface area contributed by atoms with Crippen LogP contribution in [-0.4, -0.2) is 11.6 Å². The van der Waals surface area contributed by atoms with E-state index in [4.69, 9.17) is 5.73 Å². The third-order valence-electron chi connectivity index (χ3n) is 5.57. The quantitative estimate of drug-likeness (QED) is 0.519. The standard InChI is InChI=1S/C25H24N2O2/c1-3-16-12-15(14-26)13-17(4-2)23(16)27-21-11-7-10-20-22(21)25(29)19-9-6-5-8-18(19)24(20)28/h5-13,27H,3-4,14,26H2,1-2H3. The number of carbonyl (C=O) groups is 2. The van der Waals surface area contributed by atoms with E-state index < -0.39 is 0 Å². The molecule has 0 spiro atoms. The average molecular weight is 384 g/mol. The van der Waals surface area contributed by atoms with Crippen LogP contribution < -0.4 is 11.1 Å². The van der Waals surface area contributed by atoms with E-state index in [1.54, 1.807) is 30.3 Å². The zero-order chi connectivity index (χ0) is 20.5. The molecule has 0 aromatic heterocycles. The molecule has 0 bridgehead atoms. The Hall–Kier alpha value is -3.24. The van der Waals surface area contributed by atoms with Crippen molar-refractivity contribution in [2.24, 2.45) is 5.73 Å². The first-order valence-electron chi connectivity index (χ1n) is 10.0. The molecule has 0 radical (unpaired) electrons. The van der Waals surface area contributed by atoms with Gasteiger partial charge in [-0.1, -0.05) is 62.4 Å². The monoisotopic (exact) mass is 384 g/mol. The lowest BCUT2D eigenvalue weighted by atomic mass is 9.83. The summed E-state index contributed by atoms with van der Waals surface area (Å²) < 4.78 is 0. The Labute approximate surface area is 170 Å². The third kappa shape index (κ3) is 3.15. The molecule has 0 aliphatic heterocycles. The molecular weight excluding hydrogens is 360 g/mol. The Balaban J connectivity index is 1.86. The molecule has 0 fully saturated rings. The van der Waals surface area contributed by atoms with E-state index in [1.165, 1.54) is 0 Å². The Morgan fingerprint density at radius 2 is 1.38 bits per heavy atom. The van der Waals surface area contributed by atoms with Crippen LogP contribution in [0.5, 0.6) is 0 Å². The molecule has 3 aromatic rings. The van der Waals surface area contributed by atoms with Crippen molar-refractivity contribution in [3.05, 3.63) is 93.5 Å². The minimum absolute atomic E-state index is 0.108. The predicted octanol–water partition coefficient (Wildman–Crippen LogP) is 4.79. The first kappa shape index (κ1) is 19.1. The van der Waals surface area contributed by atoms with Gasteiger partial charge in [0.15, 0.2) is 11.6 Å². The molecule has 4 nitrogen and oxygen atoms in total. The lowest BCUT2D eigenvalue weighted by Gasteiger charge is -2.23. The van der Waals surface area contributed by atoms with Crippen molar-refractivity contribution < 1.29 is 9.59 Å². The van der Waals surface area contributed by atoms with Gasteiger partial charge in [-0.15, -0.1) is 0 Å². The Morgan fingerprint density at radius 3 is 1.97 bits per heavy atom. The number of nitrogens with two attached hydrogens (primary N) is 1. The van der Waals surface area contributed by atoms with E-state index in [0.29, 0.717) is 34.5 Å². The number of hydrogen-bond acceptors (Lipinski definition) is 4. The van der Waals surface area contributed by atoms with Gasteiger partial charge in [0, 0.05) is 28.9 Å². The fraction of sp³-hybridized carbons (Fsp3) is 0.200. The van der Waals surface area contributed by atoms with Crippen molar-refractivity contribution >= 4 is 22.9 Å². The van der Waals surface area contributed by atoms with Crippen LogP contribution >= 0.6 is 0 Å². The number of carbonyl (C=O) groups excluding carboxylic acids is 2. The summed E-state index contributed by atoms with van der Waals surface area (Å²) in [4.78, 5) is 26.3. The van der Waals surface area contributed by atoms with Crippen LogP contribution in [0.3, 0.4) is 0 Å². The second kappa shape index (κ2) is 7.64. The Morgan fingerprint density at radius 1 is 0.793 bits per heavy atom. The Kier molecular flexibility index (Phi) is 5.03. The number of anilines is 2. The molecule has 0 amide bonds. The summed E-state index contributed by atoms with van der Waals surface area (Å²) in [6, 6.07) is 16.7. The van der Waals surface area contributed by atoms with Crippen LogP contribution in [0.25, 0.3) is 0 Å². The van der Waals surface area contributed by atoms with Crippen molar-refractivity contribution in [2.45, 2.75) is 33.2 Å². The number of nitrogens with one attached hydrogen (secondary N) is 1. The van der Waals surface area contributed by atoms with Gasteiger partial charge in [-0.3, -0.25) is 9.59 Å². The normalized spacial score (nSPS) is 12.5.